The zero-order valence-corrected chi connectivity index (χ0v) is 31.2. The molecule has 8 heteroatoms. The summed E-state index contributed by atoms with van der Waals surface area (Å²) in [5.74, 6) is 0. The van der Waals surface area contributed by atoms with E-state index in [2.05, 4.69) is 13.8 Å². The Kier molecular flexibility index (Phi) is 29.4. The molecule has 0 heterocycles. The normalized spacial score (nSPS) is 16.2. The second-order valence-corrected chi connectivity index (χ2v) is 14.5. The summed E-state index contributed by atoms with van der Waals surface area (Å²) in [4.78, 5) is 3.57. The third-order valence-corrected chi connectivity index (χ3v) is 10.1. The van der Waals surface area contributed by atoms with E-state index in [-0.39, 0.29) is 26.2 Å². The van der Waals surface area contributed by atoms with E-state index in [9.17, 15) is 20.4 Å². The van der Waals surface area contributed by atoms with Gasteiger partial charge in [-0.2, -0.15) is 0 Å². The number of unbranched alkanes of at least 4 members (excludes halogenated alkanes) is 22. The lowest BCUT2D eigenvalue weighted by Gasteiger charge is -2.52. The molecule has 0 fully saturated rings. The lowest BCUT2D eigenvalue weighted by molar-refractivity contribution is -0.281. The standard InChI is InChI=1S/C38H82N4O4/c1-5-7-9-11-13-15-17-19-21-23-25-27-29-41(33-35(43)31-39)37(3,45)38(4,46)42(34-36(44)32-40)30-28-26-24-22-20-18-16-14-12-10-8-6-2/h35-36,43-46H,5-34,39-40H2,1-4H3. The Hall–Kier alpha value is -0.320. The third kappa shape index (κ3) is 21.6. The molecular weight excluding hydrogens is 576 g/mol. The van der Waals surface area contributed by atoms with Gasteiger partial charge in [-0.25, -0.2) is 0 Å². The molecule has 0 aliphatic rings. The number of hydrogen-bond donors (Lipinski definition) is 6. The molecule has 4 atom stereocenters. The lowest BCUT2D eigenvalue weighted by Crippen LogP contribution is -2.70. The minimum atomic E-state index is -1.67. The first kappa shape index (κ1) is 45.7. The van der Waals surface area contributed by atoms with Crippen LogP contribution < -0.4 is 11.5 Å². The second kappa shape index (κ2) is 29.6. The summed E-state index contributed by atoms with van der Waals surface area (Å²) in [6, 6.07) is 0. The number of rotatable bonds is 35. The molecule has 0 radical (unpaired) electrons. The van der Waals surface area contributed by atoms with Crippen LogP contribution in [0.5, 0.6) is 0 Å². The molecule has 0 rings (SSSR count). The van der Waals surface area contributed by atoms with Crippen LogP contribution in [0.25, 0.3) is 0 Å². The molecule has 0 bridgehead atoms. The number of hydrogen-bond acceptors (Lipinski definition) is 8. The van der Waals surface area contributed by atoms with Crippen molar-refractivity contribution in [2.24, 2.45) is 11.5 Å². The highest BCUT2D eigenvalue weighted by Gasteiger charge is 2.50. The molecule has 0 aromatic heterocycles. The lowest BCUT2D eigenvalue weighted by atomic mass is 9.96. The summed E-state index contributed by atoms with van der Waals surface area (Å²) < 4.78 is 0. The van der Waals surface area contributed by atoms with Gasteiger partial charge in [0.05, 0.1) is 12.2 Å². The van der Waals surface area contributed by atoms with E-state index in [4.69, 9.17) is 11.5 Å². The Morgan fingerprint density at radius 1 is 0.435 bits per heavy atom. The average molecular weight is 659 g/mol. The van der Waals surface area contributed by atoms with E-state index < -0.39 is 23.7 Å². The van der Waals surface area contributed by atoms with E-state index >= 15 is 0 Å². The number of aliphatic hydroxyl groups is 4. The molecule has 0 aromatic carbocycles. The van der Waals surface area contributed by atoms with Gasteiger partial charge >= 0.3 is 0 Å². The van der Waals surface area contributed by atoms with Crippen molar-refractivity contribution in [3.8, 4) is 0 Å². The zero-order valence-electron chi connectivity index (χ0n) is 31.2. The maximum absolute atomic E-state index is 11.9. The molecule has 278 valence electrons. The molecule has 0 aromatic rings. The average Bonchev–Trinajstić information content (AvgIpc) is 3.04. The molecule has 0 spiro atoms. The van der Waals surface area contributed by atoms with Gasteiger partial charge in [0.2, 0.25) is 0 Å². The molecular formula is C38H82N4O4. The van der Waals surface area contributed by atoms with Gasteiger partial charge < -0.3 is 31.9 Å². The Morgan fingerprint density at radius 2 is 0.652 bits per heavy atom. The van der Waals surface area contributed by atoms with Crippen LogP contribution in [-0.2, 0) is 0 Å². The van der Waals surface area contributed by atoms with E-state index in [1.54, 1.807) is 23.6 Å². The molecule has 4 unspecified atom stereocenters. The molecule has 0 saturated heterocycles. The van der Waals surface area contributed by atoms with Crippen molar-refractivity contribution >= 4 is 0 Å². The Morgan fingerprint density at radius 3 is 0.870 bits per heavy atom. The first-order valence-corrected chi connectivity index (χ1v) is 19.8. The van der Waals surface area contributed by atoms with Crippen LogP contribution in [0.15, 0.2) is 0 Å². The van der Waals surface area contributed by atoms with E-state index in [0.29, 0.717) is 13.1 Å². The first-order valence-electron chi connectivity index (χ1n) is 19.8. The van der Waals surface area contributed by atoms with Crippen LogP contribution in [-0.4, -0.2) is 93.2 Å². The van der Waals surface area contributed by atoms with Crippen molar-refractivity contribution < 1.29 is 20.4 Å². The number of nitrogens with two attached hydrogens (primary N) is 2. The van der Waals surface area contributed by atoms with Gasteiger partial charge in [-0.1, -0.05) is 155 Å². The largest absolute Gasteiger partial charge is 0.390 e. The highest BCUT2D eigenvalue weighted by Crippen LogP contribution is 2.31. The Bertz CT molecular complexity index is 598. The molecule has 0 aliphatic carbocycles. The summed E-state index contributed by atoms with van der Waals surface area (Å²) in [5, 5.41) is 44.8. The van der Waals surface area contributed by atoms with Crippen molar-refractivity contribution in [1.29, 1.82) is 0 Å². The van der Waals surface area contributed by atoms with Crippen LogP contribution in [0, 0.1) is 0 Å². The van der Waals surface area contributed by atoms with E-state index in [0.717, 1.165) is 38.5 Å². The summed E-state index contributed by atoms with van der Waals surface area (Å²) in [5.41, 5.74) is 8.18. The van der Waals surface area contributed by atoms with Crippen LogP contribution in [0.4, 0.5) is 0 Å². The van der Waals surface area contributed by atoms with Gasteiger partial charge in [-0.15, -0.1) is 0 Å². The Labute approximate surface area is 286 Å². The topological polar surface area (TPSA) is 139 Å². The maximum atomic E-state index is 11.9. The molecule has 46 heavy (non-hydrogen) atoms. The van der Waals surface area contributed by atoms with Gasteiger partial charge in [0.25, 0.3) is 0 Å². The van der Waals surface area contributed by atoms with Crippen LogP contribution in [0.1, 0.15) is 182 Å². The molecule has 0 saturated carbocycles. The fraction of sp³-hybridized carbons (Fsp3) is 1.00. The van der Waals surface area contributed by atoms with Gasteiger partial charge in [-0.05, 0) is 26.7 Å². The van der Waals surface area contributed by atoms with Gasteiger partial charge in [0.15, 0.2) is 11.4 Å². The smallest absolute Gasteiger partial charge is 0.158 e. The predicted octanol–water partition coefficient (Wildman–Crippen LogP) is 7.05. The minimum Gasteiger partial charge on any atom is -0.390 e. The molecule has 0 aliphatic heterocycles. The fourth-order valence-electron chi connectivity index (χ4n) is 6.52. The first-order chi connectivity index (χ1) is 22.1. The van der Waals surface area contributed by atoms with Gasteiger partial charge in [0.1, 0.15) is 0 Å². The summed E-state index contributed by atoms with van der Waals surface area (Å²) in [6.07, 6.45) is 28.2. The maximum Gasteiger partial charge on any atom is 0.158 e. The molecule has 8 nitrogen and oxygen atoms in total. The minimum absolute atomic E-state index is 0.0849. The predicted molar refractivity (Wildman–Crippen MR) is 197 cm³/mol. The molecule has 8 N–H and O–H groups in total. The third-order valence-electron chi connectivity index (χ3n) is 10.1. The van der Waals surface area contributed by atoms with Gasteiger partial charge in [-0.3, -0.25) is 9.80 Å². The SMILES string of the molecule is CCCCCCCCCCCCCCN(CC(O)CN)C(C)(O)C(C)(O)N(CCCCCCCCCCCCCC)CC(O)CN. The number of nitrogens with zero attached hydrogens (tertiary/aromatic N) is 2. The van der Waals surface area contributed by atoms with Crippen molar-refractivity contribution in [3.63, 3.8) is 0 Å². The fourth-order valence-corrected chi connectivity index (χ4v) is 6.52. The van der Waals surface area contributed by atoms with Crippen molar-refractivity contribution in [1.82, 2.24) is 9.80 Å². The quantitative estimate of drug-likeness (QED) is 0.0315. The summed E-state index contributed by atoms with van der Waals surface area (Å²) in [7, 11) is 0. The summed E-state index contributed by atoms with van der Waals surface area (Å²) >= 11 is 0. The Balaban J connectivity index is 4.90. The zero-order chi connectivity index (χ0) is 34.5. The second-order valence-electron chi connectivity index (χ2n) is 14.5. The van der Waals surface area contributed by atoms with Gasteiger partial charge in [0, 0.05) is 39.3 Å². The highest BCUT2D eigenvalue weighted by molar-refractivity contribution is 4.95. The van der Waals surface area contributed by atoms with Crippen LogP contribution in [0.3, 0.4) is 0 Å². The molecule has 0 amide bonds. The summed E-state index contributed by atoms with van der Waals surface area (Å²) in [6.45, 7) is 9.37. The van der Waals surface area contributed by atoms with E-state index in [1.807, 2.05) is 0 Å². The van der Waals surface area contributed by atoms with Crippen LogP contribution in [0.2, 0.25) is 0 Å². The van der Waals surface area contributed by atoms with E-state index in [1.165, 1.54) is 116 Å². The monoisotopic (exact) mass is 659 g/mol. The number of aliphatic hydroxyl groups excluding tert-OH is 2. The van der Waals surface area contributed by atoms with Crippen LogP contribution >= 0.6 is 0 Å². The highest BCUT2D eigenvalue weighted by atomic mass is 16.4. The van der Waals surface area contributed by atoms with Crippen molar-refractivity contribution in [2.45, 2.75) is 205 Å². The van der Waals surface area contributed by atoms with Crippen molar-refractivity contribution in [3.05, 3.63) is 0 Å². The van der Waals surface area contributed by atoms with Crippen molar-refractivity contribution in [2.75, 3.05) is 39.3 Å².